The summed E-state index contributed by atoms with van der Waals surface area (Å²) in [5, 5.41) is 28.3. The van der Waals surface area contributed by atoms with Crippen LogP contribution in [0, 0.1) is 28.4 Å². The third-order valence-corrected chi connectivity index (χ3v) is 2.04. The lowest BCUT2D eigenvalue weighted by Gasteiger charge is -2.09. The van der Waals surface area contributed by atoms with Crippen LogP contribution in [0.15, 0.2) is 18.2 Å². The van der Waals surface area contributed by atoms with Crippen molar-refractivity contribution in [1.29, 1.82) is 5.26 Å². The standard InChI is InChI=1S/C10H9N2O3/c1-7(6-13)8-3-2-4-10(12(14)15)9(8)5-11/h2-4,7,13H,1,6H2. The SMILES string of the molecule is [CH2]C(CO)c1cccc([N+](=O)[O-])c1C#N. The molecule has 1 radical (unpaired) electrons. The molecule has 1 atom stereocenters. The summed E-state index contributed by atoms with van der Waals surface area (Å²) in [6, 6.07) is 6.05. The Morgan fingerprint density at radius 2 is 2.33 bits per heavy atom. The molecule has 0 saturated heterocycles. The molecule has 5 heteroatoms. The van der Waals surface area contributed by atoms with Crippen molar-refractivity contribution in [2.24, 2.45) is 0 Å². The zero-order valence-electron chi connectivity index (χ0n) is 7.88. The maximum absolute atomic E-state index is 10.6. The molecule has 0 saturated carbocycles. The van der Waals surface area contributed by atoms with E-state index in [1.165, 1.54) is 12.1 Å². The zero-order chi connectivity index (χ0) is 11.4. The lowest BCUT2D eigenvalue weighted by Crippen LogP contribution is -2.04. The van der Waals surface area contributed by atoms with Crippen molar-refractivity contribution < 1.29 is 10.0 Å². The number of nitrogens with zero attached hydrogens (tertiary/aromatic N) is 2. The predicted octanol–water partition coefficient (Wildman–Crippen LogP) is 1.38. The largest absolute Gasteiger partial charge is 0.396 e. The lowest BCUT2D eigenvalue weighted by molar-refractivity contribution is -0.385. The van der Waals surface area contributed by atoms with Crippen LogP contribution in [0.2, 0.25) is 0 Å². The second kappa shape index (κ2) is 4.53. The summed E-state index contributed by atoms with van der Waals surface area (Å²) < 4.78 is 0. The van der Waals surface area contributed by atoms with Gasteiger partial charge in [-0.3, -0.25) is 10.1 Å². The molecule has 1 N–H and O–H groups in total. The van der Waals surface area contributed by atoms with Crippen LogP contribution < -0.4 is 0 Å². The molecule has 77 valence electrons. The normalized spacial score (nSPS) is 11.8. The number of rotatable bonds is 3. The maximum Gasteiger partial charge on any atom is 0.287 e. The highest BCUT2D eigenvalue weighted by Crippen LogP contribution is 2.26. The molecule has 0 aromatic heterocycles. The number of nitro groups is 1. The number of hydrogen-bond acceptors (Lipinski definition) is 4. The van der Waals surface area contributed by atoms with Gasteiger partial charge in [0, 0.05) is 18.6 Å². The number of benzene rings is 1. The average Bonchev–Trinajstić information content (AvgIpc) is 2.26. The highest BCUT2D eigenvalue weighted by atomic mass is 16.6. The van der Waals surface area contributed by atoms with Gasteiger partial charge in [-0.2, -0.15) is 5.26 Å². The van der Waals surface area contributed by atoms with Gasteiger partial charge < -0.3 is 5.11 Å². The van der Waals surface area contributed by atoms with Gasteiger partial charge in [0.15, 0.2) is 0 Å². The van der Waals surface area contributed by atoms with E-state index in [1.807, 2.05) is 0 Å². The first-order valence-corrected chi connectivity index (χ1v) is 4.23. The maximum atomic E-state index is 10.6. The smallest absolute Gasteiger partial charge is 0.287 e. The van der Waals surface area contributed by atoms with Gasteiger partial charge in [-0.05, 0) is 12.5 Å². The van der Waals surface area contributed by atoms with Crippen LogP contribution in [0.5, 0.6) is 0 Å². The summed E-state index contributed by atoms with van der Waals surface area (Å²) in [4.78, 5) is 10.00. The summed E-state index contributed by atoms with van der Waals surface area (Å²) in [6.07, 6.45) is 0. The molecule has 0 heterocycles. The van der Waals surface area contributed by atoms with Gasteiger partial charge in [-0.15, -0.1) is 0 Å². The van der Waals surface area contributed by atoms with Gasteiger partial charge in [0.1, 0.15) is 11.6 Å². The van der Waals surface area contributed by atoms with E-state index in [4.69, 9.17) is 10.4 Å². The highest BCUT2D eigenvalue weighted by Gasteiger charge is 2.19. The molecule has 1 unspecified atom stereocenters. The molecule has 0 fully saturated rings. The van der Waals surface area contributed by atoms with Gasteiger partial charge in [0.2, 0.25) is 0 Å². The number of aliphatic hydroxyl groups excluding tert-OH is 1. The molecule has 0 aliphatic carbocycles. The van der Waals surface area contributed by atoms with Gasteiger partial charge in [-0.1, -0.05) is 12.1 Å². The third-order valence-electron chi connectivity index (χ3n) is 2.04. The Morgan fingerprint density at radius 1 is 1.67 bits per heavy atom. The highest BCUT2D eigenvalue weighted by molar-refractivity contribution is 5.54. The van der Waals surface area contributed by atoms with Gasteiger partial charge in [-0.25, -0.2) is 0 Å². The first-order valence-electron chi connectivity index (χ1n) is 4.23. The Balaban J connectivity index is 3.36. The number of nitro benzene ring substituents is 1. The molecule has 0 bridgehead atoms. The molecule has 0 aliphatic rings. The van der Waals surface area contributed by atoms with Crippen LogP contribution in [-0.4, -0.2) is 16.6 Å². The molecule has 15 heavy (non-hydrogen) atoms. The van der Waals surface area contributed by atoms with Gasteiger partial charge in [0.25, 0.3) is 5.69 Å². The molecule has 1 rings (SSSR count). The molecular weight excluding hydrogens is 196 g/mol. The minimum absolute atomic E-state index is 0.0310. The zero-order valence-corrected chi connectivity index (χ0v) is 7.88. The number of nitriles is 1. The topological polar surface area (TPSA) is 87.2 Å². The van der Waals surface area contributed by atoms with E-state index >= 15 is 0 Å². The van der Waals surface area contributed by atoms with Crippen LogP contribution in [0.1, 0.15) is 17.0 Å². The van der Waals surface area contributed by atoms with Crippen LogP contribution in [0.4, 0.5) is 5.69 Å². The first-order chi connectivity index (χ1) is 7.11. The fourth-order valence-corrected chi connectivity index (χ4v) is 1.27. The van der Waals surface area contributed by atoms with Crippen LogP contribution in [-0.2, 0) is 0 Å². The van der Waals surface area contributed by atoms with E-state index in [1.54, 1.807) is 12.1 Å². The van der Waals surface area contributed by atoms with Crippen molar-refractivity contribution in [3.05, 3.63) is 46.4 Å². The molecule has 0 spiro atoms. The Labute approximate surface area is 86.7 Å². The molecule has 5 nitrogen and oxygen atoms in total. The molecular formula is C10H9N2O3. The van der Waals surface area contributed by atoms with Crippen LogP contribution >= 0.6 is 0 Å². The fourth-order valence-electron chi connectivity index (χ4n) is 1.27. The quantitative estimate of drug-likeness (QED) is 0.596. The van der Waals surface area contributed by atoms with Gasteiger partial charge in [0.05, 0.1) is 4.92 Å². The van der Waals surface area contributed by atoms with E-state index < -0.39 is 10.8 Å². The lowest BCUT2D eigenvalue weighted by atomic mass is 9.96. The minimum Gasteiger partial charge on any atom is -0.396 e. The van der Waals surface area contributed by atoms with Crippen molar-refractivity contribution in [3.63, 3.8) is 0 Å². The molecule has 1 aromatic rings. The van der Waals surface area contributed by atoms with Crippen molar-refractivity contribution in [2.45, 2.75) is 5.92 Å². The fraction of sp³-hybridized carbons (Fsp3) is 0.200. The Bertz CT molecular complexity index is 423. The average molecular weight is 205 g/mol. The summed E-state index contributed by atoms with van der Waals surface area (Å²) in [7, 11) is 0. The molecule has 0 aliphatic heterocycles. The van der Waals surface area contributed by atoms with Crippen molar-refractivity contribution in [3.8, 4) is 6.07 Å². The van der Waals surface area contributed by atoms with E-state index in [0.717, 1.165) is 0 Å². The second-order valence-electron chi connectivity index (χ2n) is 2.99. The Kier molecular flexibility index (Phi) is 3.37. The molecule has 1 aromatic carbocycles. The Morgan fingerprint density at radius 3 is 2.80 bits per heavy atom. The van der Waals surface area contributed by atoms with E-state index in [2.05, 4.69) is 6.92 Å². The Hall–Kier alpha value is -1.93. The molecule has 0 amide bonds. The van der Waals surface area contributed by atoms with Crippen molar-refractivity contribution in [2.75, 3.05) is 6.61 Å². The van der Waals surface area contributed by atoms with Crippen molar-refractivity contribution in [1.82, 2.24) is 0 Å². The first kappa shape index (κ1) is 11.1. The monoisotopic (exact) mass is 205 g/mol. The summed E-state index contributed by atoms with van der Waals surface area (Å²) in [6.45, 7) is 3.36. The van der Waals surface area contributed by atoms with E-state index in [9.17, 15) is 10.1 Å². The third kappa shape index (κ3) is 2.11. The van der Waals surface area contributed by atoms with Gasteiger partial charge >= 0.3 is 0 Å². The summed E-state index contributed by atoms with van der Waals surface area (Å²) in [5.74, 6) is -0.528. The second-order valence-corrected chi connectivity index (χ2v) is 2.99. The predicted molar refractivity (Wildman–Crippen MR) is 53.0 cm³/mol. The summed E-state index contributed by atoms with van der Waals surface area (Å²) in [5.41, 5.74) is 0.114. The van der Waals surface area contributed by atoms with Crippen LogP contribution in [0.25, 0.3) is 0 Å². The van der Waals surface area contributed by atoms with E-state index in [-0.39, 0.29) is 17.9 Å². The summed E-state index contributed by atoms with van der Waals surface area (Å²) >= 11 is 0. The minimum atomic E-state index is -0.619. The number of hydrogen-bond donors (Lipinski definition) is 1. The van der Waals surface area contributed by atoms with E-state index in [0.29, 0.717) is 5.56 Å². The van der Waals surface area contributed by atoms with Crippen molar-refractivity contribution >= 4 is 5.69 Å². The van der Waals surface area contributed by atoms with Crippen LogP contribution in [0.3, 0.4) is 0 Å². The number of aliphatic hydroxyl groups is 1.